The molecule has 2 nitrogen and oxygen atoms in total. The lowest BCUT2D eigenvalue weighted by Gasteiger charge is -2.06. The van der Waals surface area contributed by atoms with Gasteiger partial charge in [0.25, 0.3) is 0 Å². The summed E-state index contributed by atoms with van der Waals surface area (Å²) in [6.45, 7) is 3.95. The minimum absolute atomic E-state index is 0.0642. The molecule has 0 amide bonds. The van der Waals surface area contributed by atoms with Crippen LogP contribution in [0, 0.1) is 0 Å². The Kier molecular flexibility index (Phi) is 3.69. The lowest BCUT2D eigenvalue weighted by Crippen LogP contribution is -2.03. The summed E-state index contributed by atoms with van der Waals surface area (Å²) in [5, 5.41) is 4.36. The first kappa shape index (κ1) is 13.8. The van der Waals surface area contributed by atoms with E-state index in [1.54, 1.807) is 0 Å². The van der Waals surface area contributed by atoms with Gasteiger partial charge in [-0.1, -0.05) is 49.1 Å². The Morgan fingerprint density at radius 1 is 0.850 bits per heavy atom. The van der Waals surface area contributed by atoms with E-state index in [0.29, 0.717) is 0 Å². The van der Waals surface area contributed by atoms with Crippen molar-refractivity contribution in [1.82, 2.24) is 0 Å². The molecule has 20 heavy (non-hydrogen) atoms. The second-order valence-corrected chi connectivity index (χ2v) is 6.81. The first-order chi connectivity index (χ1) is 9.56. The number of benzene rings is 2. The van der Waals surface area contributed by atoms with E-state index in [1.807, 2.05) is 13.8 Å². The molecule has 102 valence electrons. The quantitative estimate of drug-likeness (QED) is 0.535. The lowest BCUT2D eigenvalue weighted by atomic mass is 10.1. The third-order valence-electron chi connectivity index (χ3n) is 3.12. The molecular weight excluding hydrogens is 382 g/mol. The zero-order chi connectivity index (χ0) is 14.3. The average Bonchev–Trinajstić information content (AvgIpc) is 2.68. The van der Waals surface area contributed by atoms with Gasteiger partial charge in [0.05, 0.1) is 0 Å². The standard InChI is InChI=1S/C16H13Br2NO/c1-9(2)20-19-16-14-7-10(17)3-5-12(14)13-6-4-11(18)8-15(13)16/h3-9H,1-2H3. The highest BCUT2D eigenvalue weighted by molar-refractivity contribution is 9.10. The summed E-state index contributed by atoms with van der Waals surface area (Å²) in [5.74, 6) is 0. The van der Waals surface area contributed by atoms with E-state index in [1.165, 1.54) is 11.1 Å². The van der Waals surface area contributed by atoms with Crippen molar-refractivity contribution in [1.29, 1.82) is 0 Å². The fourth-order valence-electron chi connectivity index (χ4n) is 2.30. The van der Waals surface area contributed by atoms with Crippen LogP contribution in [-0.4, -0.2) is 11.8 Å². The van der Waals surface area contributed by atoms with Crippen molar-refractivity contribution < 1.29 is 4.84 Å². The average molecular weight is 395 g/mol. The smallest absolute Gasteiger partial charge is 0.122 e. The summed E-state index contributed by atoms with van der Waals surface area (Å²) >= 11 is 7.05. The Morgan fingerprint density at radius 2 is 1.35 bits per heavy atom. The highest BCUT2D eigenvalue weighted by Crippen LogP contribution is 2.39. The SMILES string of the molecule is CC(C)ON=C1c2cc(Br)ccc2-c2ccc(Br)cc21. The third-order valence-corrected chi connectivity index (χ3v) is 4.10. The maximum absolute atomic E-state index is 5.48. The first-order valence-corrected chi connectivity index (χ1v) is 7.99. The topological polar surface area (TPSA) is 21.6 Å². The van der Waals surface area contributed by atoms with Gasteiger partial charge in [0.1, 0.15) is 11.8 Å². The van der Waals surface area contributed by atoms with Crippen molar-refractivity contribution >= 4 is 37.6 Å². The van der Waals surface area contributed by atoms with Gasteiger partial charge in [0.2, 0.25) is 0 Å². The zero-order valence-electron chi connectivity index (χ0n) is 11.2. The summed E-state index contributed by atoms with van der Waals surface area (Å²) in [7, 11) is 0. The Bertz CT molecular complexity index is 654. The molecule has 1 aliphatic rings. The first-order valence-electron chi connectivity index (χ1n) is 6.40. The minimum Gasteiger partial charge on any atom is -0.393 e. The van der Waals surface area contributed by atoms with Crippen LogP contribution < -0.4 is 0 Å². The van der Waals surface area contributed by atoms with Crippen LogP contribution in [0.2, 0.25) is 0 Å². The van der Waals surface area contributed by atoms with Crippen LogP contribution in [0.25, 0.3) is 11.1 Å². The van der Waals surface area contributed by atoms with E-state index < -0.39 is 0 Å². The zero-order valence-corrected chi connectivity index (χ0v) is 14.3. The van der Waals surface area contributed by atoms with E-state index in [0.717, 1.165) is 25.8 Å². The number of hydrogen-bond donors (Lipinski definition) is 0. The van der Waals surface area contributed by atoms with Crippen LogP contribution in [-0.2, 0) is 4.84 Å². The van der Waals surface area contributed by atoms with E-state index in [9.17, 15) is 0 Å². The molecule has 2 aromatic rings. The molecule has 0 atom stereocenters. The van der Waals surface area contributed by atoms with E-state index in [2.05, 4.69) is 73.4 Å². The molecule has 0 aromatic heterocycles. The molecule has 0 spiro atoms. The molecule has 0 N–H and O–H groups in total. The molecule has 4 heteroatoms. The van der Waals surface area contributed by atoms with Crippen LogP contribution in [0.1, 0.15) is 25.0 Å². The Balaban J connectivity index is 2.22. The summed E-state index contributed by atoms with van der Waals surface area (Å²) in [6.07, 6.45) is 0.0642. The molecule has 0 bridgehead atoms. The van der Waals surface area contributed by atoms with Gasteiger partial charge in [-0.3, -0.25) is 0 Å². The number of hydrogen-bond acceptors (Lipinski definition) is 2. The molecule has 3 rings (SSSR count). The van der Waals surface area contributed by atoms with Gasteiger partial charge in [-0.25, -0.2) is 0 Å². The molecule has 0 radical (unpaired) electrons. The van der Waals surface area contributed by atoms with Gasteiger partial charge in [-0.2, -0.15) is 0 Å². The van der Waals surface area contributed by atoms with Crippen LogP contribution in [0.4, 0.5) is 0 Å². The lowest BCUT2D eigenvalue weighted by molar-refractivity contribution is 0.0863. The van der Waals surface area contributed by atoms with Crippen LogP contribution in [0.15, 0.2) is 50.5 Å². The molecule has 0 aliphatic heterocycles. The predicted molar refractivity (Wildman–Crippen MR) is 89.1 cm³/mol. The third kappa shape index (κ3) is 2.42. The fourth-order valence-corrected chi connectivity index (χ4v) is 3.02. The van der Waals surface area contributed by atoms with Crippen molar-refractivity contribution in [2.75, 3.05) is 0 Å². The predicted octanol–water partition coefficient (Wildman–Crippen LogP) is 5.37. The van der Waals surface area contributed by atoms with Gasteiger partial charge in [0, 0.05) is 20.1 Å². The van der Waals surface area contributed by atoms with Crippen LogP contribution >= 0.6 is 31.9 Å². The van der Waals surface area contributed by atoms with Gasteiger partial charge in [0.15, 0.2) is 0 Å². The molecule has 0 fully saturated rings. The summed E-state index contributed by atoms with van der Waals surface area (Å²) in [5.41, 5.74) is 5.50. The van der Waals surface area contributed by atoms with Crippen LogP contribution in [0.3, 0.4) is 0 Å². The van der Waals surface area contributed by atoms with E-state index >= 15 is 0 Å². The molecular formula is C16H13Br2NO. The van der Waals surface area contributed by atoms with Gasteiger partial charge < -0.3 is 4.84 Å². The Morgan fingerprint density at radius 3 is 1.80 bits per heavy atom. The second kappa shape index (κ2) is 5.34. The molecule has 0 saturated carbocycles. The molecule has 1 aliphatic carbocycles. The fraction of sp³-hybridized carbons (Fsp3) is 0.188. The van der Waals surface area contributed by atoms with Gasteiger partial charge in [-0.15, -0.1) is 0 Å². The largest absolute Gasteiger partial charge is 0.393 e. The maximum Gasteiger partial charge on any atom is 0.122 e. The molecule has 0 saturated heterocycles. The number of rotatable bonds is 2. The van der Waals surface area contributed by atoms with Gasteiger partial charge in [-0.05, 0) is 49.2 Å². The number of oxime groups is 1. The van der Waals surface area contributed by atoms with Crippen molar-refractivity contribution in [3.63, 3.8) is 0 Å². The summed E-state index contributed by atoms with van der Waals surface area (Å²) in [6, 6.07) is 12.5. The summed E-state index contributed by atoms with van der Waals surface area (Å²) in [4.78, 5) is 5.48. The van der Waals surface area contributed by atoms with Gasteiger partial charge >= 0.3 is 0 Å². The van der Waals surface area contributed by atoms with E-state index in [4.69, 9.17) is 4.84 Å². The highest BCUT2D eigenvalue weighted by Gasteiger charge is 2.26. The van der Waals surface area contributed by atoms with E-state index in [-0.39, 0.29) is 6.10 Å². The van der Waals surface area contributed by atoms with Crippen molar-refractivity contribution in [3.8, 4) is 11.1 Å². The normalized spacial score (nSPS) is 12.3. The summed E-state index contributed by atoms with van der Waals surface area (Å²) < 4.78 is 2.08. The highest BCUT2D eigenvalue weighted by atomic mass is 79.9. The minimum atomic E-state index is 0.0642. The van der Waals surface area contributed by atoms with Crippen LogP contribution in [0.5, 0.6) is 0 Å². The molecule has 0 heterocycles. The maximum atomic E-state index is 5.48. The Hall–Kier alpha value is -1.13. The number of fused-ring (bicyclic) bond motifs is 3. The monoisotopic (exact) mass is 393 g/mol. The molecule has 0 unspecified atom stereocenters. The van der Waals surface area contributed by atoms with Crippen molar-refractivity contribution in [2.45, 2.75) is 20.0 Å². The van der Waals surface area contributed by atoms with Crippen molar-refractivity contribution in [3.05, 3.63) is 56.5 Å². The van der Waals surface area contributed by atoms with Crippen molar-refractivity contribution in [2.24, 2.45) is 5.16 Å². The molecule has 2 aromatic carbocycles. The second-order valence-electron chi connectivity index (χ2n) is 4.97. The number of nitrogens with zero attached hydrogens (tertiary/aromatic N) is 1. The Labute approximate surface area is 135 Å². The number of halogens is 2.